The largest absolute Gasteiger partial charge is 0.383 e. The standard InChI is InChI=1S/C17H20N2S/c1-2-7-15(8-3-1)20-14-13-19-12-6-11-18-16-9-4-5-10-17(16)19/h1-5,7-10,18H,6,11-14H2. The summed E-state index contributed by atoms with van der Waals surface area (Å²) in [6, 6.07) is 19.3. The third kappa shape index (κ3) is 3.28. The van der Waals surface area contributed by atoms with Crippen molar-refractivity contribution < 1.29 is 0 Å². The molecule has 1 aliphatic heterocycles. The van der Waals surface area contributed by atoms with E-state index in [1.807, 2.05) is 11.8 Å². The van der Waals surface area contributed by atoms with E-state index in [1.54, 1.807) is 0 Å². The molecular weight excluding hydrogens is 264 g/mol. The molecule has 0 radical (unpaired) electrons. The van der Waals surface area contributed by atoms with E-state index < -0.39 is 0 Å². The van der Waals surface area contributed by atoms with Gasteiger partial charge in [-0.3, -0.25) is 0 Å². The molecule has 1 heterocycles. The highest BCUT2D eigenvalue weighted by atomic mass is 32.2. The van der Waals surface area contributed by atoms with Crippen LogP contribution < -0.4 is 10.2 Å². The van der Waals surface area contributed by atoms with Crippen molar-refractivity contribution in [2.45, 2.75) is 11.3 Å². The summed E-state index contributed by atoms with van der Waals surface area (Å²) < 4.78 is 0. The Hall–Kier alpha value is -1.61. The summed E-state index contributed by atoms with van der Waals surface area (Å²) in [5.74, 6) is 1.12. The van der Waals surface area contributed by atoms with Crippen molar-refractivity contribution in [2.24, 2.45) is 0 Å². The fourth-order valence-electron chi connectivity index (χ4n) is 2.53. The van der Waals surface area contributed by atoms with Crippen LogP contribution in [0.15, 0.2) is 59.5 Å². The Labute approximate surface area is 125 Å². The minimum atomic E-state index is 1.07. The number of benzene rings is 2. The van der Waals surface area contributed by atoms with Crippen LogP contribution in [0.5, 0.6) is 0 Å². The maximum absolute atomic E-state index is 3.51. The van der Waals surface area contributed by atoms with Crippen LogP contribution >= 0.6 is 11.8 Å². The highest BCUT2D eigenvalue weighted by Crippen LogP contribution is 2.28. The van der Waals surface area contributed by atoms with Gasteiger partial charge in [-0.2, -0.15) is 0 Å². The number of hydrogen-bond acceptors (Lipinski definition) is 3. The number of thioether (sulfide) groups is 1. The SMILES string of the molecule is c1ccc(SCCN2CCCNc3ccccc32)cc1. The van der Waals surface area contributed by atoms with Gasteiger partial charge in [0, 0.05) is 30.3 Å². The van der Waals surface area contributed by atoms with Crippen LogP contribution in [0, 0.1) is 0 Å². The van der Waals surface area contributed by atoms with Crippen molar-refractivity contribution in [3.8, 4) is 0 Å². The number of nitrogens with one attached hydrogen (secondary N) is 1. The summed E-state index contributed by atoms with van der Waals surface area (Å²) in [7, 11) is 0. The van der Waals surface area contributed by atoms with Crippen molar-refractivity contribution in [1.29, 1.82) is 0 Å². The summed E-state index contributed by atoms with van der Waals surface area (Å²) in [6.45, 7) is 3.30. The molecule has 0 unspecified atom stereocenters. The molecule has 0 spiro atoms. The van der Waals surface area contributed by atoms with Gasteiger partial charge in [-0.1, -0.05) is 30.3 Å². The minimum Gasteiger partial charge on any atom is -0.383 e. The predicted octanol–water partition coefficient (Wildman–Crippen LogP) is 4.10. The number of para-hydroxylation sites is 2. The molecule has 0 saturated heterocycles. The van der Waals surface area contributed by atoms with E-state index in [4.69, 9.17) is 0 Å². The zero-order valence-electron chi connectivity index (χ0n) is 11.6. The summed E-state index contributed by atoms with van der Waals surface area (Å²) in [5.41, 5.74) is 2.62. The monoisotopic (exact) mass is 284 g/mol. The zero-order chi connectivity index (χ0) is 13.6. The zero-order valence-corrected chi connectivity index (χ0v) is 12.4. The van der Waals surface area contributed by atoms with Gasteiger partial charge in [-0.25, -0.2) is 0 Å². The third-order valence-corrected chi connectivity index (χ3v) is 4.53. The first-order valence-corrected chi connectivity index (χ1v) is 8.18. The molecule has 0 aliphatic carbocycles. The predicted molar refractivity (Wildman–Crippen MR) is 88.9 cm³/mol. The second kappa shape index (κ2) is 6.71. The van der Waals surface area contributed by atoms with Gasteiger partial charge >= 0.3 is 0 Å². The van der Waals surface area contributed by atoms with Crippen LogP contribution in [-0.2, 0) is 0 Å². The van der Waals surface area contributed by atoms with E-state index in [9.17, 15) is 0 Å². The lowest BCUT2D eigenvalue weighted by Gasteiger charge is -2.24. The van der Waals surface area contributed by atoms with E-state index >= 15 is 0 Å². The second-order valence-electron chi connectivity index (χ2n) is 4.95. The third-order valence-electron chi connectivity index (χ3n) is 3.54. The maximum Gasteiger partial charge on any atom is 0.0602 e. The summed E-state index contributed by atoms with van der Waals surface area (Å²) in [6.07, 6.45) is 1.20. The fraction of sp³-hybridized carbons (Fsp3) is 0.294. The highest BCUT2D eigenvalue weighted by Gasteiger charge is 2.13. The van der Waals surface area contributed by atoms with Gasteiger partial charge in [-0.05, 0) is 30.7 Å². The minimum absolute atomic E-state index is 1.07. The molecule has 3 rings (SSSR count). The van der Waals surface area contributed by atoms with Gasteiger partial charge in [0.25, 0.3) is 0 Å². The van der Waals surface area contributed by atoms with Crippen LogP contribution in [0.2, 0.25) is 0 Å². The molecule has 104 valence electrons. The topological polar surface area (TPSA) is 15.3 Å². The molecule has 0 saturated carbocycles. The lowest BCUT2D eigenvalue weighted by atomic mass is 10.2. The molecule has 2 nitrogen and oxygen atoms in total. The number of fused-ring (bicyclic) bond motifs is 1. The smallest absolute Gasteiger partial charge is 0.0602 e. The average molecular weight is 284 g/mol. The van der Waals surface area contributed by atoms with Crippen molar-refractivity contribution in [1.82, 2.24) is 0 Å². The molecule has 0 fully saturated rings. The molecule has 20 heavy (non-hydrogen) atoms. The Morgan fingerprint density at radius 3 is 2.70 bits per heavy atom. The first-order chi connectivity index (χ1) is 9.93. The number of rotatable bonds is 4. The molecule has 3 heteroatoms. The van der Waals surface area contributed by atoms with E-state index in [0.717, 1.165) is 25.4 Å². The Bertz CT molecular complexity index is 542. The molecule has 0 atom stereocenters. The Morgan fingerprint density at radius 1 is 1.00 bits per heavy atom. The summed E-state index contributed by atoms with van der Waals surface area (Å²) in [4.78, 5) is 3.86. The van der Waals surface area contributed by atoms with Gasteiger partial charge < -0.3 is 10.2 Å². The van der Waals surface area contributed by atoms with Gasteiger partial charge in [0.1, 0.15) is 0 Å². The average Bonchev–Trinajstić information content (AvgIpc) is 2.71. The van der Waals surface area contributed by atoms with Gasteiger partial charge in [0.2, 0.25) is 0 Å². The lowest BCUT2D eigenvalue weighted by Crippen LogP contribution is -2.26. The van der Waals surface area contributed by atoms with Gasteiger partial charge in [0.15, 0.2) is 0 Å². The Balaban J connectivity index is 1.62. The normalized spacial score (nSPS) is 14.3. The molecule has 1 aliphatic rings. The molecule has 1 N–H and O–H groups in total. The van der Waals surface area contributed by atoms with E-state index in [1.165, 1.54) is 22.7 Å². The molecule has 2 aromatic rings. The van der Waals surface area contributed by atoms with E-state index in [-0.39, 0.29) is 0 Å². The Kier molecular flexibility index (Phi) is 4.49. The van der Waals surface area contributed by atoms with Crippen LogP contribution in [0.4, 0.5) is 11.4 Å². The van der Waals surface area contributed by atoms with Gasteiger partial charge in [-0.15, -0.1) is 11.8 Å². The molecule has 2 aromatic carbocycles. The molecular formula is C17H20N2S. The van der Waals surface area contributed by atoms with Crippen molar-refractivity contribution >= 4 is 23.1 Å². The molecule has 0 bridgehead atoms. The van der Waals surface area contributed by atoms with Crippen molar-refractivity contribution in [3.05, 3.63) is 54.6 Å². The van der Waals surface area contributed by atoms with Crippen molar-refractivity contribution in [2.75, 3.05) is 35.6 Å². The summed E-state index contributed by atoms with van der Waals surface area (Å²) >= 11 is 1.93. The van der Waals surface area contributed by atoms with Crippen molar-refractivity contribution in [3.63, 3.8) is 0 Å². The van der Waals surface area contributed by atoms with Gasteiger partial charge in [0.05, 0.1) is 11.4 Å². The first kappa shape index (κ1) is 13.4. The lowest BCUT2D eigenvalue weighted by molar-refractivity contribution is 0.790. The van der Waals surface area contributed by atoms with E-state index in [0.29, 0.717) is 0 Å². The first-order valence-electron chi connectivity index (χ1n) is 7.19. The molecule has 0 aromatic heterocycles. The quantitative estimate of drug-likeness (QED) is 0.851. The maximum atomic E-state index is 3.51. The number of anilines is 2. The summed E-state index contributed by atoms with van der Waals surface area (Å²) in [5, 5.41) is 3.51. The second-order valence-corrected chi connectivity index (χ2v) is 6.11. The molecule has 0 amide bonds. The number of hydrogen-bond donors (Lipinski definition) is 1. The van der Waals surface area contributed by atoms with Crippen LogP contribution in [0.25, 0.3) is 0 Å². The number of nitrogens with zero attached hydrogens (tertiary/aromatic N) is 1. The van der Waals surface area contributed by atoms with Crippen LogP contribution in [0.1, 0.15) is 6.42 Å². The van der Waals surface area contributed by atoms with Crippen LogP contribution in [0.3, 0.4) is 0 Å². The fourth-order valence-corrected chi connectivity index (χ4v) is 3.43. The highest BCUT2D eigenvalue weighted by molar-refractivity contribution is 7.99. The van der Waals surface area contributed by atoms with Crippen LogP contribution in [-0.4, -0.2) is 25.4 Å². The van der Waals surface area contributed by atoms with E-state index in [2.05, 4.69) is 64.8 Å². The Morgan fingerprint density at radius 2 is 1.80 bits per heavy atom.